The standard InChI is InChI=1S/C14H21N3O/c1-10-3-5-13(6-4-10)16-14(18)17-8-11(2)7-12(15)9-17/h3-6,11-12H,7-9,15H2,1-2H3,(H,16,18). The number of carbonyl (C=O) groups is 1. The summed E-state index contributed by atoms with van der Waals surface area (Å²) in [6.07, 6.45) is 0.994. The molecule has 1 aromatic carbocycles. The molecule has 1 fully saturated rings. The van der Waals surface area contributed by atoms with Crippen LogP contribution in [-0.2, 0) is 0 Å². The summed E-state index contributed by atoms with van der Waals surface area (Å²) in [5, 5.41) is 2.91. The third-order valence-electron chi connectivity index (χ3n) is 3.28. The van der Waals surface area contributed by atoms with Gasteiger partial charge in [0.2, 0.25) is 0 Å². The lowest BCUT2D eigenvalue weighted by atomic mass is 9.97. The molecule has 1 heterocycles. The molecule has 1 saturated heterocycles. The van der Waals surface area contributed by atoms with Crippen molar-refractivity contribution >= 4 is 11.7 Å². The second-order valence-electron chi connectivity index (χ2n) is 5.30. The second-order valence-corrected chi connectivity index (χ2v) is 5.30. The molecule has 4 nitrogen and oxygen atoms in total. The van der Waals surface area contributed by atoms with Gasteiger partial charge in [-0.05, 0) is 31.4 Å². The van der Waals surface area contributed by atoms with E-state index < -0.39 is 0 Å². The Balaban J connectivity index is 1.97. The molecule has 2 rings (SSSR count). The molecule has 1 aliphatic rings. The molecule has 18 heavy (non-hydrogen) atoms. The van der Waals surface area contributed by atoms with Crippen molar-refractivity contribution in [1.29, 1.82) is 0 Å². The van der Waals surface area contributed by atoms with Gasteiger partial charge in [-0.25, -0.2) is 4.79 Å². The first-order valence-electron chi connectivity index (χ1n) is 6.43. The molecule has 0 bridgehead atoms. The highest BCUT2D eigenvalue weighted by Gasteiger charge is 2.25. The summed E-state index contributed by atoms with van der Waals surface area (Å²) in [6, 6.07) is 7.85. The van der Waals surface area contributed by atoms with Gasteiger partial charge in [0, 0.05) is 24.8 Å². The minimum Gasteiger partial charge on any atom is -0.326 e. The lowest BCUT2D eigenvalue weighted by molar-refractivity contribution is 0.172. The molecule has 98 valence electrons. The van der Waals surface area contributed by atoms with E-state index in [1.165, 1.54) is 5.56 Å². The third kappa shape index (κ3) is 3.23. The van der Waals surface area contributed by atoms with Gasteiger partial charge in [0.05, 0.1) is 0 Å². The van der Waals surface area contributed by atoms with Crippen molar-refractivity contribution in [2.75, 3.05) is 18.4 Å². The van der Waals surface area contributed by atoms with E-state index in [0.29, 0.717) is 12.5 Å². The van der Waals surface area contributed by atoms with Gasteiger partial charge in [0.1, 0.15) is 0 Å². The smallest absolute Gasteiger partial charge is 0.321 e. The van der Waals surface area contributed by atoms with Crippen LogP contribution in [-0.4, -0.2) is 30.1 Å². The van der Waals surface area contributed by atoms with E-state index in [2.05, 4.69) is 12.2 Å². The zero-order chi connectivity index (χ0) is 13.1. The lowest BCUT2D eigenvalue weighted by Crippen LogP contribution is -2.50. The molecule has 0 saturated carbocycles. The van der Waals surface area contributed by atoms with Gasteiger partial charge in [-0.15, -0.1) is 0 Å². The van der Waals surface area contributed by atoms with E-state index in [4.69, 9.17) is 5.73 Å². The SMILES string of the molecule is Cc1ccc(NC(=O)N2CC(C)CC(N)C2)cc1. The predicted molar refractivity (Wildman–Crippen MR) is 73.5 cm³/mol. The summed E-state index contributed by atoms with van der Waals surface area (Å²) in [5.41, 5.74) is 7.96. The van der Waals surface area contributed by atoms with Crippen LogP contribution in [0.2, 0.25) is 0 Å². The Morgan fingerprint density at radius 3 is 2.61 bits per heavy atom. The number of urea groups is 1. The number of aryl methyl sites for hydroxylation is 1. The van der Waals surface area contributed by atoms with Gasteiger partial charge in [0.25, 0.3) is 0 Å². The zero-order valence-corrected chi connectivity index (χ0v) is 11.0. The number of carbonyl (C=O) groups excluding carboxylic acids is 1. The van der Waals surface area contributed by atoms with Crippen molar-refractivity contribution in [2.24, 2.45) is 11.7 Å². The molecule has 1 aromatic rings. The molecule has 2 amide bonds. The molecule has 3 N–H and O–H groups in total. The lowest BCUT2D eigenvalue weighted by Gasteiger charge is -2.34. The van der Waals surface area contributed by atoms with E-state index >= 15 is 0 Å². The fourth-order valence-corrected chi connectivity index (χ4v) is 2.40. The average Bonchev–Trinajstić information content (AvgIpc) is 2.31. The Bertz CT molecular complexity index is 406. The van der Waals surface area contributed by atoms with E-state index in [9.17, 15) is 4.79 Å². The Morgan fingerprint density at radius 1 is 1.33 bits per heavy atom. The number of nitrogens with two attached hydrogens (primary N) is 1. The zero-order valence-electron chi connectivity index (χ0n) is 11.0. The number of nitrogens with one attached hydrogen (secondary N) is 1. The summed E-state index contributed by atoms with van der Waals surface area (Å²) in [7, 11) is 0. The number of rotatable bonds is 1. The van der Waals surface area contributed by atoms with Crippen LogP contribution in [0.5, 0.6) is 0 Å². The summed E-state index contributed by atoms with van der Waals surface area (Å²) < 4.78 is 0. The number of benzene rings is 1. The van der Waals surface area contributed by atoms with Crippen LogP contribution in [0.4, 0.5) is 10.5 Å². The number of nitrogens with zero attached hydrogens (tertiary/aromatic N) is 1. The minimum atomic E-state index is -0.0548. The quantitative estimate of drug-likeness (QED) is 0.799. The molecule has 0 radical (unpaired) electrons. The molecule has 1 aliphatic heterocycles. The van der Waals surface area contributed by atoms with Crippen molar-refractivity contribution in [2.45, 2.75) is 26.3 Å². The number of hydrogen-bond donors (Lipinski definition) is 2. The van der Waals surface area contributed by atoms with Crippen LogP contribution in [0.25, 0.3) is 0 Å². The van der Waals surface area contributed by atoms with Crippen LogP contribution in [0.3, 0.4) is 0 Å². The maximum absolute atomic E-state index is 12.1. The first-order valence-corrected chi connectivity index (χ1v) is 6.43. The Morgan fingerprint density at radius 2 is 2.00 bits per heavy atom. The van der Waals surface area contributed by atoms with Crippen LogP contribution >= 0.6 is 0 Å². The number of piperidine rings is 1. The highest BCUT2D eigenvalue weighted by Crippen LogP contribution is 2.16. The topological polar surface area (TPSA) is 58.4 Å². The minimum absolute atomic E-state index is 0.0548. The summed E-state index contributed by atoms with van der Waals surface area (Å²) in [4.78, 5) is 13.9. The normalized spacial score (nSPS) is 23.8. The Hall–Kier alpha value is -1.55. The fraction of sp³-hybridized carbons (Fsp3) is 0.500. The molecule has 2 atom stereocenters. The Kier molecular flexibility index (Phi) is 3.87. The molecule has 0 aromatic heterocycles. The van der Waals surface area contributed by atoms with Gasteiger partial charge in [-0.1, -0.05) is 24.6 Å². The second kappa shape index (κ2) is 5.40. The van der Waals surface area contributed by atoms with E-state index in [-0.39, 0.29) is 12.1 Å². The van der Waals surface area contributed by atoms with Crippen LogP contribution in [0.15, 0.2) is 24.3 Å². The van der Waals surface area contributed by atoms with Crippen LogP contribution in [0, 0.1) is 12.8 Å². The highest BCUT2D eigenvalue weighted by molar-refractivity contribution is 5.89. The van der Waals surface area contributed by atoms with Crippen molar-refractivity contribution < 1.29 is 4.79 Å². The first kappa shape index (κ1) is 12.9. The van der Waals surface area contributed by atoms with Crippen molar-refractivity contribution in [1.82, 2.24) is 4.90 Å². The maximum Gasteiger partial charge on any atom is 0.321 e. The number of likely N-dealkylation sites (tertiary alicyclic amines) is 1. The van der Waals surface area contributed by atoms with Crippen molar-refractivity contribution in [3.63, 3.8) is 0 Å². The highest BCUT2D eigenvalue weighted by atomic mass is 16.2. The van der Waals surface area contributed by atoms with Crippen LogP contribution in [0.1, 0.15) is 18.9 Å². The van der Waals surface area contributed by atoms with Gasteiger partial charge < -0.3 is 16.0 Å². The average molecular weight is 247 g/mol. The third-order valence-corrected chi connectivity index (χ3v) is 3.28. The summed E-state index contributed by atoms with van der Waals surface area (Å²) >= 11 is 0. The largest absolute Gasteiger partial charge is 0.326 e. The molecular formula is C14H21N3O. The first-order chi connectivity index (χ1) is 8.54. The van der Waals surface area contributed by atoms with Gasteiger partial charge >= 0.3 is 6.03 Å². The maximum atomic E-state index is 12.1. The number of hydrogen-bond acceptors (Lipinski definition) is 2. The van der Waals surface area contributed by atoms with E-state index in [0.717, 1.165) is 18.7 Å². The molecule has 2 unspecified atom stereocenters. The van der Waals surface area contributed by atoms with Crippen molar-refractivity contribution in [3.8, 4) is 0 Å². The van der Waals surface area contributed by atoms with E-state index in [1.807, 2.05) is 31.2 Å². The molecular weight excluding hydrogens is 226 g/mol. The monoisotopic (exact) mass is 247 g/mol. The summed E-state index contributed by atoms with van der Waals surface area (Å²) in [6.45, 7) is 5.58. The van der Waals surface area contributed by atoms with Crippen LogP contribution < -0.4 is 11.1 Å². The number of amides is 2. The predicted octanol–water partition coefficient (Wildman–Crippen LogP) is 2.20. The van der Waals surface area contributed by atoms with Gasteiger partial charge in [-0.2, -0.15) is 0 Å². The Labute approximate surface area is 108 Å². The van der Waals surface area contributed by atoms with Gasteiger partial charge in [0.15, 0.2) is 0 Å². The number of anilines is 1. The summed E-state index contributed by atoms with van der Waals surface area (Å²) in [5.74, 6) is 0.470. The molecule has 0 spiro atoms. The van der Waals surface area contributed by atoms with Crippen molar-refractivity contribution in [3.05, 3.63) is 29.8 Å². The van der Waals surface area contributed by atoms with E-state index in [1.54, 1.807) is 4.90 Å². The molecule has 0 aliphatic carbocycles. The fourth-order valence-electron chi connectivity index (χ4n) is 2.40. The van der Waals surface area contributed by atoms with Gasteiger partial charge in [-0.3, -0.25) is 0 Å². The molecule has 4 heteroatoms.